The number of rotatable bonds is 8. The van der Waals surface area contributed by atoms with Crippen molar-refractivity contribution >= 4 is 12.0 Å². The first-order valence-corrected chi connectivity index (χ1v) is 10.8. The summed E-state index contributed by atoms with van der Waals surface area (Å²) < 4.78 is 0. The molecule has 2 aromatic carbocycles. The maximum atomic E-state index is 11.4. The highest BCUT2D eigenvalue weighted by Gasteiger charge is 2.39. The van der Waals surface area contributed by atoms with E-state index in [-0.39, 0.29) is 5.91 Å². The van der Waals surface area contributed by atoms with E-state index in [0.717, 1.165) is 25.2 Å². The van der Waals surface area contributed by atoms with Gasteiger partial charge in [0, 0.05) is 30.6 Å². The van der Waals surface area contributed by atoms with Crippen LogP contribution in [0.25, 0.3) is 6.08 Å². The standard InChI is InChI=1S/C25H31N3O2/c1-30-27-25(29)12-11-19-7-9-20(10-8-19)18-28-15-13-22(14-16-28)26-24-17-23(24)21-5-3-2-4-6-21/h2-12,22-24,26H,13-18H2,1H3,(H,27,29). The van der Waals surface area contributed by atoms with Crippen molar-refractivity contribution in [1.29, 1.82) is 0 Å². The third-order valence-corrected chi connectivity index (χ3v) is 6.07. The van der Waals surface area contributed by atoms with Crippen LogP contribution in [0.4, 0.5) is 0 Å². The van der Waals surface area contributed by atoms with Crippen molar-refractivity contribution in [2.24, 2.45) is 0 Å². The summed E-state index contributed by atoms with van der Waals surface area (Å²) >= 11 is 0. The number of piperidine rings is 1. The second-order valence-corrected chi connectivity index (χ2v) is 8.32. The molecule has 1 heterocycles. The molecule has 4 rings (SSSR count). The zero-order chi connectivity index (χ0) is 20.8. The van der Waals surface area contributed by atoms with Gasteiger partial charge in [-0.3, -0.25) is 14.5 Å². The summed E-state index contributed by atoms with van der Waals surface area (Å²) in [4.78, 5) is 18.5. The van der Waals surface area contributed by atoms with Gasteiger partial charge >= 0.3 is 0 Å². The minimum atomic E-state index is -0.264. The number of carbonyl (C=O) groups excluding carboxylic acids is 1. The Kier molecular flexibility index (Phi) is 6.95. The molecule has 2 fully saturated rings. The smallest absolute Gasteiger partial charge is 0.267 e. The number of likely N-dealkylation sites (tertiary alicyclic amines) is 1. The lowest BCUT2D eigenvalue weighted by molar-refractivity contribution is -0.126. The molecule has 1 saturated carbocycles. The molecule has 0 radical (unpaired) electrons. The number of amides is 1. The third kappa shape index (κ3) is 5.79. The first kappa shape index (κ1) is 20.8. The van der Waals surface area contributed by atoms with Gasteiger partial charge in [0.15, 0.2) is 0 Å². The predicted octanol–water partition coefficient (Wildman–Crippen LogP) is 3.49. The van der Waals surface area contributed by atoms with Gasteiger partial charge in [-0.05, 0) is 55.1 Å². The van der Waals surface area contributed by atoms with Gasteiger partial charge in [0.1, 0.15) is 0 Å². The highest BCUT2D eigenvalue weighted by atomic mass is 16.6. The lowest BCUT2D eigenvalue weighted by atomic mass is 10.0. The van der Waals surface area contributed by atoms with E-state index >= 15 is 0 Å². The Morgan fingerprint density at radius 1 is 1.10 bits per heavy atom. The summed E-state index contributed by atoms with van der Waals surface area (Å²) in [5.41, 5.74) is 6.07. The Morgan fingerprint density at radius 3 is 2.53 bits per heavy atom. The van der Waals surface area contributed by atoms with Crippen molar-refractivity contribution < 1.29 is 9.63 Å². The summed E-state index contributed by atoms with van der Waals surface area (Å²) in [5.74, 6) is 0.441. The number of hydroxylamine groups is 1. The van der Waals surface area contributed by atoms with E-state index in [1.807, 2.05) is 0 Å². The predicted molar refractivity (Wildman–Crippen MR) is 120 cm³/mol. The van der Waals surface area contributed by atoms with Crippen LogP contribution in [0, 0.1) is 0 Å². The Hall–Kier alpha value is -2.47. The van der Waals surface area contributed by atoms with Crippen molar-refractivity contribution in [1.82, 2.24) is 15.7 Å². The number of benzene rings is 2. The van der Waals surface area contributed by atoms with Crippen molar-refractivity contribution in [3.05, 3.63) is 77.4 Å². The van der Waals surface area contributed by atoms with Crippen molar-refractivity contribution in [2.75, 3.05) is 20.2 Å². The molecule has 1 aliphatic heterocycles. The monoisotopic (exact) mass is 405 g/mol. The molecule has 2 N–H and O–H groups in total. The van der Waals surface area contributed by atoms with E-state index < -0.39 is 0 Å². The molecule has 5 nitrogen and oxygen atoms in total. The van der Waals surface area contributed by atoms with Crippen LogP contribution in [0.2, 0.25) is 0 Å². The molecule has 0 bridgehead atoms. The molecule has 0 aromatic heterocycles. The van der Waals surface area contributed by atoms with Crippen molar-refractivity contribution in [2.45, 2.75) is 43.8 Å². The van der Waals surface area contributed by atoms with Crippen LogP contribution in [0.3, 0.4) is 0 Å². The maximum absolute atomic E-state index is 11.4. The molecule has 2 unspecified atom stereocenters. The summed E-state index contributed by atoms with van der Waals surface area (Å²) in [6.07, 6.45) is 6.97. The van der Waals surface area contributed by atoms with Crippen LogP contribution < -0.4 is 10.8 Å². The highest BCUT2D eigenvalue weighted by Crippen LogP contribution is 2.41. The fraction of sp³-hybridized carbons (Fsp3) is 0.400. The number of nitrogens with one attached hydrogen (secondary N) is 2. The first-order valence-electron chi connectivity index (χ1n) is 10.8. The SMILES string of the molecule is CONC(=O)C=Cc1ccc(CN2CCC(NC3CC3c3ccccc3)CC2)cc1. The van der Waals surface area contributed by atoms with E-state index in [2.05, 4.69) is 75.1 Å². The van der Waals surface area contributed by atoms with E-state index in [4.69, 9.17) is 0 Å². The average Bonchev–Trinajstić information content (AvgIpc) is 3.55. The number of carbonyl (C=O) groups is 1. The van der Waals surface area contributed by atoms with Crippen molar-refractivity contribution in [3.63, 3.8) is 0 Å². The maximum Gasteiger partial charge on any atom is 0.267 e. The lowest BCUT2D eigenvalue weighted by Crippen LogP contribution is -2.43. The molecule has 2 atom stereocenters. The first-order chi connectivity index (χ1) is 14.7. The van der Waals surface area contributed by atoms with Crippen molar-refractivity contribution in [3.8, 4) is 0 Å². The molecule has 1 saturated heterocycles. The minimum absolute atomic E-state index is 0.264. The van der Waals surface area contributed by atoms with E-state index in [1.165, 1.54) is 43.6 Å². The van der Waals surface area contributed by atoms with Crippen LogP contribution in [0.15, 0.2) is 60.7 Å². The molecule has 1 amide bonds. The molecule has 158 valence electrons. The Morgan fingerprint density at radius 2 is 1.83 bits per heavy atom. The van der Waals surface area contributed by atoms with Crippen LogP contribution >= 0.6 is 0 Å². The molecule has 1 aliphatic carbocycles. The zero-order valence-electron chi connectivity index (χ0n) is 17.6. The summed E-state index contributed by atoms with van der Waals surface area (Å²) in [6.45, 7) is 3.26. The molecule has 2 aromatic rings. The number of hydrogen-bond acceptors (Lipinski definition) is 4. The second-order valence-electron chi connectivity index (χ2n) is 8.32. The Balaban J connectivity index is 1.18. The number of nitrogens with zero attached hydrogens (tertiary/aromatic N) is 1. The van der Waals surface area contributed by atoms with Gasteiger partial charge in [-0.25, -0.2) is 5.48 Å². The quantitative estimate of drug-likeness (QED) is 0.522. The van der Waals surface area contributed by atoms with Gasteiger partial charge in [-0.1, -0.05) is 54.6 Å². The fourth-order valence-electron chi connectivity index (χ4n) is 4.31. The molecule has 30 heavy (non-hydrogen) atoms. The van der Waals surface area contributed by atoms with Gasteiger partial charge in [0.05, 0.1) is 7.11 Å². The normalized spacial score (nSPS) is 22.3. The number of hydrogen-bond donors (Lipinski definition) is 2. The van der Waals surface area contributed by atoms with E-state index in [9.17, 15) is 4.79 Å². The van der Waals surface area contributed by atoms with Gasteiger partial charge < -0.3 is 5.32 Å². The molecule has 0 spiro atoms. The largest absolute Gasteiger partial charge is 0.311 e. The summed E-state index contributed by atoms with van der Waals surface area (Å²) in [6, 6.07) is 20.6. The van der Waals surface area contributed by atoms with Gasteiger partial charge in [-0.15, -0.1) is 0 Å². The topological polar surface area (TPSA) is 53.6 Å². The van der Waals surface area contributed by atoms with E-state index in [1.54, 1.807) is 6.08 Å². The van der Waals surface area contributed by atoms with Crippen LogP contribution in [-0.2, 0) is 16.2 Å². The molecular formula is C25H31N3O2. The summed E-state index contributed by atoms with van der Waals surface area (Å²) in [5, 5.41) is 3.89. The van der Waals surface area contributed by atoms with Gasteiger partial charge in [0.2, 0.25) is 0 Å². The zero-order valence-corrected chi connectivity index (χ0v) is 17.6. The Labute approximate surface area is 179 Å². The molecular weight excluding hydrogens is 374 g/mol. The van der Waals surface area contributed by atoms with Crippen LogP contribution in [0.5, 0.6) is 0 Å². The summed E-state index contributed by atoms with van der Waals surface area (Å²) in [7, 11) is 1.42. The molecule has 2 aliphatic rings. The average molecular weight is 406 g/mol. The van der Waals surface area contributed by atoms with Crippen LogP contribution in [0.1, 0.15) is 41.9 Å². The second kappa shape index (κ2) is 10.0. The van der Waals surface area contributed by atoms with Crippen LogP contribution in [-0.4, -0.2) is 43.1 Å². The lowest BCUT2D eigenvalue weighted by Gasteiger charge is -2.32. The Bertz CT molecular complexity index is 842. The highest BCUT2D eigenvalue weighted by molar-refractivity contribution is 5.90. The third-order valence-electron chi connectivity index (χ3n) is 6.07. The minimum Gasteiger partial charge on any atom is -0.311 e. The van der Waals surface area contributed by atoms with Gasteiger partial charge in [0.25, 0.3) is 5.91 Å². The molecule has 5 heteroatoms. The fourth-order valence-corrected chi connectivity index (χ4v) is 4.31. The van der Waals surface area contributed by atoms with E-state index in [0.29, 0.717) is 18.0 Å². The van der Waals surface area contributed by atoms with Gasteiger partial charge in [-0.2, -0.15) is 0 Å².